The number of carbonyl (C=O) groups is 1. The standard InChI is InChI=1S/C28H24N2O6/c1-32-25-14-20(15-26(33-2)28(25)34-3)22(31)11-9-19-16-30(21-7-5-4-6-8-21)29-27(19)18-10-12-23-24(13-18)36-17-35-23/h4-16H,17H2,1-3H3/b11-9+. The fraction of sp³-hybridized carbons (Fsp3) is 0.143. The lowest BCUT2D eigenvalue weighted by atomic mass is 10.0. The number of carbonyl (C=O) groups excluding carboxylic acids is 1. The zero-order chi connectivity index (χ0) is 25.1. The van der Waals surface area contributed by atoms with Crippen LogP contribution in [0.5, 0.6) is 28.7 Å². The number of fused-ring (bicyclic) bond motifs is 1. The lowest BCUT2D eigenvalue weighted by Gasteiger charge is -2.13. The van der Waals surface area contributed by atoms with E-state index in [-0.39, 0.29) is 12.6 Å². The maximum absolute atomic E-state index is 13.1. The number of allylic oxidation sites excluding steroid dienone is 1. The van der Waals surface area contributed by atoms with E-state index in [0.717, 1.165) is 16.8 Å². The molecule has 36 heavy (non-hydrogen) atoms. The van der Waals surface area contributed by atoms with Gasteiger partial charge >= 0.3 is 0 Å². The lowest BCUT2D eigenvalue weighted by Crippen LogP contribution is -2.00. The minimum Gasteiger partial charge on any atom is -0.493 e. The summed E-state index contributed by atoms with van der Waals surface area (Å²) in [6.45, 7) is 0.188. The second-order valence-corrected chi connectivity index (χ2v) is 7.89. The first-order valence-electron chi connectivity index (χ1n) is 11.2. The Morgan fingerprint density at radius 2 is 1.64 bits per heavy atom. The van der Waals surface area contributed by atoms with Crippen molar-refractivity contribution in [2.45, 2.75) is 0 Å². The van der Waals surface area contributed by atoms with Gasteiger partial charge in [0.25, 0.3) is 0 Å². The molecule has 1 aromatic heterocycles. The third kappa shape index (κ3) is 4.36. The Bertz CT molecular complexity index is 1420. The molecule has 1 aliphatic heterocycles. The number of methoxy groups -OCH3 is 3. The van der Waals surface area contributed by atoms with Crippen molar-refractivity contribution in [1.82, 2.24) is 9.78 Å². The molecule has 0 saturated carbocycles. The van der Waals surface area contributed by atoms with Gasteiger partial charge in [0.2, 0.25) is 12.5 Å². The molecule has 4 aromatic rings. The zero-order valence-electron chi connectivity index (χ0n) is 20.1. The van der Waals surface area contributed by atoms with Crippen molar-refractivity contribution in [2.75, 3.05) is 28.1 Å². The number of hydrogen-bond donors (Lipinski definition) is 0. The molecule has 5 rings (SSSR count). The fourth-order valence-corrected chi connectivity index (χ4v) is 3.98. The van der Waals surface area contributed by atoms with E-state index >= 15 is 0 Å². The van der Waals surface area contributed by atoms with Crippen LogP contribution in [0.1, 0.15) is 15.9 Å². The lowest BCUT2D eigenvalue weighted by molar-refractivity contribution is 0.104. The van der Waals surface area contributed by atoms with Crippen LogP contribution in [0, 0.1) is 0 Å². The van der Waals surface area contributed by atoms with Crippen molar-refractivity contribution in [3.63, 3.8) is 0 Å². The van der Waals surface area contributed by atoms with Gasteiger partial charge in [0.15, 0.2) is 28.8 Å². The molecule has 0 amide bonds. The van der Waals surface area contributed by atoms with Crippen LogP contribution in [0.3, 0.4) is 0 Å². The molecular formula is C28H24N2O6. The number of benzene rings is 3. The van der Waals surface area contributed by atoms with Gasteiger partial charge in [-0.2, -0.15) is 5.10 Å². The molecule has 0 saturated heterocycles. The van der Waals surface area contributed by atoms with Crippen LogP contribution in [0.4, 0.5) is 0 Å². The third-order valence-electron chi connectivity index (χ3n) is 5.77. The van der Waals surface area contributed by atoms with Crippen LogP contribution in [0.15, 0.2) is 72.9 Å². The maximum Gasteiger partial charge on any atom is 0.231 e. The highest BCUT2D eigenvalue weighted by molar-refractivity contribution is 6.08. The number of para-hydroxylation sites is 1. The Morgan fingerprint density at radius 1 is 0.917 bits per heavy atom. The molecule has 2 heterocycles. The number of ketones is 1. The molecule has 8 nitrogen and oxygen atoms in total. The van der Waals surface area contributed by atoms with Crippen molar-refractivity contribution in [1.29, 1.82) is 0 Å². The maximum atomic E-state index is 13.1. The predicted octanol–water partition coefficient (Wildman–Crippen LogP) is 5.19. The summed E-state index contributed by atoms with van der Waals surface area (Å²) in [6.07, 6.45) is 5.13. The summed E-state index contributed by atoms with van der Waals surface area (Å²) < 4.78 is 28.9. The van der Waals surface area contributed by atoms with E-state index in [0.29, 0.717) is 40.0 Å². The molecule has 0 radical (unpaired) electrons. The Labute approximate surface area is 208 Å². The first kappa shape index (κ1) is 23.0. The van der Waals surface area contributed by atoms with Gasteiger partial charge in [0.05, 0.1) is 27.0 Å². The minimum absolute atomic E-state index is 0.188. The van der Waals surface area contributed by atoms with E-state index in [1.165, 1.54) is 27.4 Å². The smallest absolute Gasteiger partial charge is 0.231 e. The molecule has 8 heteroatoms. The van der Waals surface area contributed by atoms with Crippen LogP contribution in [-0.4, -0.2) is 43.7 Å². The second-order valence-electron chi connectivity index (χ2n) is 7.89. The topological polar surface area (TPSA) is 81.0 Å². The Balaban J connectivity index is 1.53. The molecule has 0 atom stereocenters. The Kier molecular flexibility index (Phi) is 6.32. The summed E-state index contributed by atoms with van der Waals surface area (Å²) in [4.78, 5) is 13.1. The fourth-order valence-electron chi connectivity index (χ4n) is 3.98. The molecular weight excluding hydrogens is 460 g/mol. The van der Waals surface area contributed by atoms with E-state index < -0.39 is 0 Å². The first-order valence-corrected chi connectivity index (χ1v) is 11.2. The van der Waals surface area contributed by atoms with E-state index in [9.17, 15) is 4.79 Å². The largest absolute Gasteiger partial charge is 0.493 e. The molecule has 0 N–H and O–H groups in total. The van der Waals surface area contributed by atoms with Gasteiger partial charge in [-0.1, -0.05) is 18.2 Å². The van der Waals surface area contributed by atoms with Crippen LogP contribution >= 0.6 is 0 Å². The van der Waals surface area contributed by atoms with E-state index in [1.54, 1.807) is 22.9 Å². The molecule has 0 aliphatic carbocycles. The SMILES string of the molecule is COc1cc(C(=O)/C=C/c2cn(-c3ccccc3)nc2-c2ccc3c(c2)OCO3)cc(OC)c1OC. The third-order valence-corrected chi connectivity index (χ3v) is 5.77. The van der Waals surface area contributed by atoms with Crippen LogP contribution in [0.2, 0.25) is 0 Å². The molecule has 0 bridgehead atoms. The predicted molar refractivity (Wildman–Crippen MR) is 135 cm³/mol. The van der Waals surface area contributed by atoms with Crippen molar-refractivity contribution < 1.29 is 28.5 Å². The van der Waals surface area contributed by atoms with Gasteiger partial charge in [-0.15, -0.1) is 0 Å². The summed E-state index contributed by atoms with van der Waals surface area (Å²) >= 11 is 0. The van der Waals surface area contributed by atoms with Gasteiger partial charge in [-0.25, -0.2) is 4.68 Å². The van der Waals surface area contributed by atoms with Crippen LogP contribution in [0.25, 0.3) is 23.0 Å². The van der Waals surface area contributed by atoms with E-state index in [1.807, 2.05) is 54.7 Å². The minimum atomic E-state index is -0.224. The first-order chi connectivity index (χ1) is 17.6. The van der Waals surface area contributed by atoms with Gasteiger partial charge in [-0.3, -0.25) is 4.79 Å². The molecule has 0 unspecified atom stereocenters. The zero-order valence-corrected chi connectivity index (χ0v) is 20.1. The highest BCUT2D eigenvalue weighted by atomic mass is 16.7. The summed E-state index contributed by atoms with van der Waals surface area (Å²) in [5.41, 5.74) is 3.61. The summed E-state index contributed by atoms with van der Waals surface area (Å²) in [5.74, 6) is 2.37. The number of rotatable bonds is 8. The van der Waals surface area contributed by atoms with Crippen molar-refractivity contribution >= 4 is 11.9 Å². The summed E-state index contributed by atoms with van der Waals surface area (Å²) in [6, 6.07) is 18.7. The van der Waals surface area contributed by atoms with Crippen LogP contribution < -0.4 is 23.7 Å². The molecule has 0 fully saturated rings. The van der Waals surface area contributed by atoms with Crippen molar-refractivity contribution in [3.8, 4) is 45.7 Å². The molecule has 1 aliphatic rings. The Hall–Kier alpha value is -4.72. The summed E-state index contributed by atoms with van der Waals surface area (Å²) in [7, 11) is 4.54. The quantitative estimate of drug-likeness (QED) is 0.251. The van der Waals surface area contributed by atoms with E-state index in [2.05, 4.69) is 0 Å². The molecule has 3 aromatic carbocycles. The van der Waals surface area contributed by atoms with Gasteiger partial charge in [0.1, 0.15) is 5.69 Å². The Morgan fingerprint density at radius 3 is 2.33 bits per heavy atom. The second kappa shape index (κ2) is 9.87. The van der Waals surface area contributed by atoms with Gasteiger partial charge < -0.3 is 23.7 Å². The van der Waals surface area contributed by atoms with Crippen molar-refractivity contribution in [2.24, 2.45) is 0 Å². The van der Waals surface area contributed by atoms with E-state index in [4.69, 9.17) is 28.8 Å². The number of hydrogen-bond acceptors (Lipinski definition) is 7. The van der Waals surface area contributed by atoms with Gasteiger partial charge in [0, 0.05) is 22.9 Å². The summed E-state index contributed by atoms with van der Waals surface area (Å²) in [5, 5.41) is 4.81. The highest BCUT2D eigenvalue weighted by Gasteiger charge is 2.19. The van der Waals surface area contributed by atoms with Crippen LogP contribution in [-0.2, 0) is 0 Å². The average molecular weight is 485 g/mol. The molecule has 0 spiro atoms. The van der Waals surface area contributed by atoms with Gasteiger partial charge in [-0.05, 0) is 54.6 Å². The highest BCUT2D eigenvalue weighted by Crippen LogP contribution is 2.39. The number of nitrogens with zero attached hydrogens (tertiary/aromatic N) is 2. The normalized spacial score (nSPS) is 12.1. The number of aromatic nitrogens is 2. The molecule has 182 valence electrons. The number of ether oxygens (including phenoxy) is 5. The van der Waals surface area contributed by atoms with Crippen molar-refractivity contribution in [3.05, 3.63) is 84.1 Å². The average Bonchev–Trinajstić information content (AvgIpc) is 3.58. The monoisotopic (exact) mass is 484 g/mol.